The second-order valence-electron chi connectivity index (χ2n) is 5.56. The third kappa shape index (κ3) is 3.93. The molecule has 1 amide bonds. The Morgan fingerprint density at radius 3 is 2.56 bits per heavy atom. The lowest BCUT2D eigenvalue weighted by Gasteiger charge is -2.32. The lowest BCUT2D eigenvalue weighted by molar-refractivity contribution is -0.127. The molecule has 0 aromatic carbocycles. The number of hydrogen-bond donors (Lipinski definition) is 0. The van der Waals surface area contributed by atoms with Gasteiger partial charge < -0.3 is 14.7 Å². The van der Waals surface area contributed by atoms with Gasteiger partial charge >= 0.3 is 0 Å². The van der Waals surface area contributed by atoms with Crippen LogP contribution in [0.1, 0.15) is 12.8 Å². The van der Waals surface area contributed by atoms with E-state index < -0.39 is 0 Å². The molecular formula is C13H24BrN3O. The summed E-state index contributed by atoms with van der Waals surface area (Å²) < 4.78 is 0. The zero-order valence-corrected chi connectivity index (χ0v) is 12.9. The predicted molar refractivity (Wildman–Crippen MR) is 77.0 cm³/mol. The maximum absolute atomic E-state index is 11.8. The van der Waals surface area contributed by atoms with E-state index in [0.29, 0.717) is 11.8 Å². The highest BCUT2D eigenvalue weighted by atomic mass is 79.9. The summed E-state index contributed by atoms with van der Waals surface area (Å²) in [6, 6.07) is 0. The molecule has 2 aliphatic heterocycles. The summed E-state index contributed by atoms with van der Waals surface area (Å²) in [5, 5.41) is 0.952. The number of carbonyl (C=O) groups excluding carboxylic acids is 1. The number of amides is 1. The van der Waals surface area contributed by atoms with Crippen LogP contribution in [0, 0.1) is 5.92 Å². The molecule has 1 unspecified atom stereocenters. The SMILES string of the molecule is CN1CCN(CCCN2CC(CBr)CC2=O)CC1. The van der Waals surface area contributed by atoms with Gasteiger partial charge in [-0.15, -0.1) is 0 Å². The van der Waals surface area contributed by atoms with Crippen molar-refractivity contribution in [3.05, 3.63) is 0 Å². The number of alkyl halides is 1. The van der Waals surface area contributed by atoms with Gasteiger partial charge in [-0.1, -0.05) is 15.9 Å². The lowest BCUT2D eigenvalue weighted by Crippen LogP contribution is -2.45. The summed E-state index contributed by atoms with van der Waals surface area (Å²) in [4.78, 5) is 18.7. The normalized spacial score (nSPS) is 27.1. The van der Waals surface area contributed by atoms with Gasteiger partial charge in [0.15, 0.2) is 0 Å². The number of halogens is 1. The quantitative estimate of drug-likeness (QED) is 0.704. The van der Waals surface area contributed by atoms with Crippen LogP contribution in [0.4, 0.5) is 0 Å². The maximum atomic E-state index is 11.8. The molecule has 0 radical (unpaired) electrons. The molecule has 2 heterocycles. The van der Waals surface area contributed by atoms with Crippen molar-refractivity contribution >= 4 is 21.8 Å². The average Bonchev–Trinajstić information content (AvgIpc) is 2.73. The largest absolute Gasteiger partial charge is 0.342 e. The van der Waals surface area contributed by atoms with Gasteiger partial charge in [-0.25, -0.2) is 0 Å². The molecule has 2 fully saturated rings. The Balaban J connectivity index is 1.62. The molecule has 0 saturated carbocycles. The van der Waals surface area contributed by atoms with E-state index in [1.807, 2.05) is 4.90 Å². The van der Waals surface area contributed by atoms with Gasteiger partial charge in [-0.3, -0.25) is 4.79 Å². The molecule has 1 atom stereocenters. The first kappa shape index (κ1) is 14.3. The van der Waals surface area contributed by atoms with Crippen LogP contribution in [0.25, 0.3) is 0 Å². The Hall–Kier alpha value is -0.130. The molecule has 0 N–H and O–H groups in total. The number of carbonyl (C=O) groups is 1. The predicted octanol–water partition coefficient (Wildman–Crippen LogP) is 0.867. The summed E-state index contributed by atoms with van der Waals surface area (Å²) >= 11 is 3.48. The van der Waals surface area contributed by atoms with Gasteiger partial charge in [0.25, 0.3) is 0 Å². The highest BCUT2D eigenvalue weighted by molar-refractivity contribution is 9.09. The molecule has 2 saturated heterocycles. The topological polar surface area (TPSA) is 26.8 Å². The smallest absolute Gasteiger partial charge is 0.222 e. The van der Waals surface area contributed by atoms with Gasteiger partial charge in [-0.2, -0.15) is 0 Å². The van der Waals surface area contributed by atoms with E-state index in [4.69, 9.17) is 0 Å². The number of hydrogen-bond acceptors (Lipinski definition) is 3. The van der Waals surface area contributed by atoms with Crippen LogP contribution in [0.15, 0.2) is 0 Å². The van der Waals surface area contributed by atoms with Crippen LogP contribution < -0.4 is 0 Å². The first-order chi connectivity index (χ1) is 8.69. The van der Waals surface area contributed by atoms with Crippen molar-refractivity contribution in [2.24, 2.45) is 5.92 Å². The Bertz CT molecular complexity index is 279. The number of nitrogens with zero attached hydrogens (tertiary/aromatic N) is 3. The standard InChI is InChI=1S/C13H24BrN3O/c1-15-5-7-16(8-6-15)3-2-4-17-11-12(10-14)9-13(17)18/h12H,2-11H2,1H3. The van der Waals surface area contributed by atoms with Crippen molar-refractivity contribution in [2.45, 2.75) is 12.8 Å². The second kappa shape index (κ2) is 6.87. The average molecular weight is 318 g/mol. The molecule has 0 spiro atoms. The van der Waals surface area contributed by atoms with E-state index in [1.165, 1.54) is 26.2 Å². The van der Waals surface area contributed by atoms with Gasteiger partial charge in [-0.05, 0) is 25.9 Å². The van der Waals surface area contributed by atoms with E-state index in [1.54, 1.807) is 0 Å². The zero-order chi connectivity index (χ0) is 13.0. The molecule has 2 rings (SSSR count). The first-order valence-corrected chi connectivity index (χ1v) is 8.06. The number of likely N-dealkylation sites (tertiary alicyclic amines) is 1. The van der Waals surface area contributed by atoms with Crippen molar-refractivity contribution in [1.29, 1.82) is 0 Å². The van der Waals surface area contributed by atoms with E-state index in [2.05, 4.69) is 32.8 Å². The fourth-order valence-electron chi connectivity index (χ4n) is 2.73. The van der Waals surface area contributed by atoms with Crippen molar-refractivity contribution < 1.29 is 4.79 Å². The molecule has 0 aromatic heterocycles. The van der Waals surface area contributed by atoms with Crippen molar-refractivity contribution in [1.82, 2.24) is 14.7 Å². The van der Waals surface area contributed by atoms with Gasteiger partial charge in [0.1, 0.15) is 0 Å². The number of likely N-dealkylation sites (N-methyl/N-ethyl adjacent to an activating group) is 1. The fourth-order valence-corrected chi connectivity index (χ4v) is 3.16. The minimum Gasteiger partial charge on any atom is -0.342 e. The molecule has 0 bridgehead atoms. The van der Waals surface area contributed by atoms with Gasteiger partial charge in [0.05, 0.1) is 0 Å². The van der Waals surface area contributed by atoms with E-state index in [9.17, 15) is 4.79 Å². The van der Waals surface area contributed by atoms with Gasteiger partial charge in [0.2, 0.25) is 5.91 Å². The highest BCUT2D eigenvalue weighted by Gasteiger charge is 2.28. The van der Waals surface area contributed by atoms with E-state index in [-0.39, 0.29) is 0 Å². The Labute approximate surface area is 118 Å². The van der Waals surface area contributed by atoms with Crippen molar-refractivity contribution in [3.63, 3.8) is 0 Å². The molecule has 0 aliphatic carbocycles. The van der Waals surface area contributed by atoms with Crippen LogP contribution in [-0.4, -0.2) is 78.8 Å². The third-order valence-electron chi connectivity index (χ3n) is 4.01. The molecule has 2 aliphatic rings. The molecule has 104 valence electrons. The second-order valence-corrected chi connectivity index (χ2v) is 6.21. The third-order valence-corrected chi connectivity index (χ3v) is 4.93. The maximum Gasteiger partial charge on any atom is 0.222 e. The molecule has 18 heavy (non-hydrogen) atoms. The zero-order valence-electron chi connectivity index (χ0n) is 11.3. The van der Waals surface area contributed by atoms with Crippen molar-refractivity contribution in [2.75, 3.05) is 58.2 Å². The lowest BCUT2D eigenvalue weighted by atomic mass is 10.2. The van der Waals surface area contributed by atoms with Crippen LogP contribution in [0.3, 0.4) is 0 Å². The number of piperazine rings is 1. The Kier molecular flexibility index (Phi) is 5.45. The fraction of sp³-hybridized carbons (Fsp3) is 0.923. The summed E-state index contributed by atoms with van der Waals surface area (Å²) in [5.74, 6) is 0.874. The Morgan fingerprint density at radius 2 is 1.94 bits per heavy atom. The molecule has 4 nitrogen and oxygen atoms in total. The molecular weight excluding hydrogens is 294 g/mol. The minimum absolute atomic E-state index is 0.345. The Morgan fingerprint density at radius 1 is 1.22 bits per heavy atom. The van der Waals surface area contributed by atoms with Gasteiger partial charge in [0, 0.05) is 51.0 Å². The summed E-state index contributed by atoms with van der Waals surface area (Å²) in [7, 11) is 2.18. The first-order valence-electron chi connectivity index (χ1n) is 6.93. The summed E-state index contributed by atoms with van der Waals surface area (Å²) in [5.41, 5.74) is 0. The number of rotatable bonds is 5. The molecule has 5 heteroatoms. The summed E-state index contributed by atoms with van der Waals surface area (Å²) in [6.45, 7) is 7.73. The summed E-state index contributed by atoms with van der Waals surface area (Å²) in [6.07, 6.45) is 1.85. The van der Waals surface area contributed by atoms with E-state index in [0.717, 1.165) is 37.8 Å². The van der Waals surface area contributed by atoms with Crippen LogP contribution in [0.5, 0.6) is 0 Å². The van der Waals surface area contributed by atoms with E-state index >= 15 is 0 Å². The minimum atomic E-state index is 0.345. The van der Waals surface area contributed by atoms with Crippen LogP contribution in [0.2, 0.25) is 0 Å². The van der Waals surface area contributed by atoms with Crippen molar-refractivity contribution in [3.8, 4) is 0 Å². The van der Waals surface area contributed by atoms with Crippen LogP contribution in [-0.2, 0) is 4.79 Å². The monoisotopic (exact) mass is 317 g/mol. The van der Waals surface area contributed by atoms with Crippen LogP contribution >= 0.6 is 15.9 Å². The highest BCUT2D eigenvalue weighted by Crippen LogP contribution is 2.19. The molecule has 0 aromatic rings.